The Hall–Kier alpha value is -8.46. The topological polar surface area (TPSA) is 6.48 Å². The summed E-state index contributed by atoms with van der Waals surface area (Å²) in [4.78, 5) is 4.75. The summed E-state index contributed by atoms with van der Waals surface area (Å²) in [5.41, 5.74) is 16.2. The molecule has 0 heterocycles. The number of fused-ring (bicyclic) bond motifs is 2. The lowest BCUT2D eigenvalue weighted by molar-refractivity contribution is 1.29. The highest BCUT2D eigenvalue weighted by Crippen LogP contribution is 2.43. The molecular formula is C62H44N2. The maximum absolute atomic E-state index is 2.38. The van der Waals surface area contributed by atoms with Crippen LogP contribution in [-0.4, -0.2) is 0 Å². The molecule has 2 heteroatoms. The number of hydrogen-bond donors (Lipinski definition) is 0. The molecule has 11 aromatic rings. The van der Waals surface area contributed by atoms with Crippen molar-refractivity contribution in [2.45, 2.75) is 0 Å². The second-order valence-corrected chi connectivity index (χ2v) is 16.2. The first kappa shape index (κ1) is 38.5. The van der Waals surface area contributed by atoms with Crippen LogP contribution in [0.1, 0.15) is 0 Å². The molecule has 0 unspecified atom stereocenters. The molecule has 2 nitrogen and oxygen atoms in total. The standard InChI is InChI=1S/C62H44N2/c1-3-14-45(15-4-1)47-28-36-55(37-29-47)63(61-26-12-20-51-18-7-9-24-59(51)61)56-38-30-48(31-39-56)49-32-40-57(41-33-49)64(62-27-13-21-52-19-8-10-25-60(52)62)58-42-34-50(35-43-58)54-23-11-22-53(44-54)46-16-5-2-6-17-46/h1-44H. The van der Waals surface area contributed by atoms with Crippen molar-refractivity contribution in [1.82, 2.24) is 0 Å². The van der Waals surface area contributed by atoms with Gasteiger partial charge in [0.2, 0.25) is 0 Å². The number of rotatable bonds is 10. The zero-order valence-corrected chi connectivity index (χ0v) is 35.3. The van der Waals surface area contributed by atoms with Gasteiger partial charge < -0.3 is 9.80 Å². The van der Waals surface area contributed by atoms with Crippen molar-refractivity contribution in [3.8, 4) is 44.5 Å². The molecule has 0 aliphatic carbocycles. The van der Waals surface area contributed by atoms with Gasteiger partial charge in [-0.2, -0.15) is 0 Å². The molecule has 0 aliphatic rings. The molecule has 0 N–H and O–H groups in total. The molecule has 0 radical (unpaired) electrons. The molecule has 11 rings (SSSR count). The van der Waals surface area contributed by atoms with Crippen LogP contribution in [0, 0.1) is 0 Å². The van der Waals surface area contributed by atoms with Gasteiger partial charge in [0.05, 0.1) is 11.4 Å². The van der Waals surface area contributed by atoms with Crippen LogP contribution in [0.4, 0.5) is 34.1 Å². The Kier molecular flexibility index (Phi) is 10.3. The van der Waals surface area contributed by atoms with E-state index in [9.17, 15) is 0 Å². The Morgan fingerprint density at radius 3 is 0.844 bits per heavy atom. The summed E-state index contributed by atoms with van der Waals surface area (Å²) in [5, 5.41) is 4.83. The largest absolute Gasteiger partial charge is 0.310 e. The Bertz CT molecular complexity index is 3330. The Morgan fingerprint density at radius 1 is 0.188 bits per heavy atom. The van der Waals surface area contributed by atoms with Crippen LogP contribution in [0.2, 0.25) is 0 Å². The normalized spacial score (nSPS) is 11.1. The van der Waals surface area contributed by atoms with Crippen molar-refractivity contribution in [2.75, 3.05) is 9.80 Å². The van der Waals surface area contributed by atoms with Gasteiger partial charge in [0.1, 0.15) is 0 Å². The van der Waals surface area contributed by atoms with E-state index in [2.05, 4.69) is 277 Å². The predicted molar refractivity (Wildman–Crippen MR) is 273 cm³/mol. The summed E-state index contributed by atoms with van der Waals surface area (Å²) in [6.45, 7) is 0. The third kappa shape index (κ3) is 7.59. The van der Waals surface area contributed by atoms with Gasteiger partial charge in [0, 0.05) is 33.5 Å². The third-order valence-corrected chi connectivity index (χ3v) is 12.3. The van der Waals surface area contributed by atoms with E-state index in [1.165, 1.54) is 54.9 Å². The monoisotopic (exact) mass is 816 g/mol. The van der Waals surface area contributed by atoms with Gasteiger partial charge in [-0.15, -0.1) is 0 Å². The summed E-state index contributed by atoms with van der Waals surface area (Å²) < 4.78 is 0. The lowest BCUT2D eigenvalue weighted by Gasteiger charge is -2.28. The number of anilines is 6. The molecular weight excluding hydrogens is 773 g/mol. The fourth-order valence-electron chi connectivity index (χ4n) is 9.01. The minimum Gasteiger partial charge on any atom is -0.310 e. The average molecular weight is 817 g/mol. The first-order chi connectivity index (χ1) is 31.7. The Labute approximate surface area is 375 Å². The zero-order chi connectivity index (χ0) is 42.7. The molecule has 0 saturated carbocycles. The molecule has 0 aliphatic heterocycles. The first-order valence-electron chi connectivity index (χ1n) is 21.9. The van der Waals surface area contributed by atoms with Crippen molar-refractivity contribution in [3.63, 3.8) is 0 Å². The van der Waals surface area contributed by atoms with Crippen molar-refractivity contribution in [2.24, 2.45) is 0 Å². The highest BCUT2D eigenvalue weighted by atomic mass is 15.1. The smallest absolute Gasteiger partial charge is 0.0540 e. The Balaban J connectivity index is 0.931. The minimum absolute atomic E-state index is 1.09. The van der Waals surface area contributed by atoms with E-state index in [0.717, 1.165) is 45.3 Å². The summed E-state index contributed by atoms with van der Waals surface area (Å²) >= 11 is 0. The van der Waals surface area contributed by atoms with Gasteiger partial charge in [0.15, 0.2) is 0 Å². The lowest BCUT2D eigenvalue weighted by atomic mass is 9.98. The zero-order valence-electron chi connectivity index (χ0n) is 35.3. The van der Waals surface area contributed by atoms with Crippen molar-refractivity contribution < 1.29 is 0 Å². The van der Waals surface area contributed by atoms with E-state index in [0.29, 0.717) is 0 Å². The van der Waals surface area contributed by atoms with Crippen molar-refractivity contribution in [1.29, 1.82) is 0 Å². The van der Waals surface area contributed by atoms with Crippen LogP contribution in [-0.2, 0) is 0 Å². The fraction of sp³-hybridized carbons (Fsp3) is 0. The molecule has 0 aromatic heterocycles. The van der Waals surface area contributed by atoms with Gasteiger partial charge in [-0.1, -0.05) is 200 Å². The van der Waals surface area contributed by atoms with Crippen LogP contribution >= 0.6 is 0 Å². The van der Waals surface area contributed by atoms with Gasteiger partial charge in [-0.25, -0.2) is 0 Å². The second kappa shape index (κ2) is 17.1. The molecule has 0 atom stereocenters. The fourth-order valence-corrected chi connectivity index (χ4v) is 9.01. The quantitative estimate of drug-likeness (QED) is 0.136. The van der Waals surface area contributed by atoms with Crippen molar-refractivity contribution >= 4 is 55.7 Å². The highest BCUT2D eigenvalue weighted by molar-refractivity contribution is 6.00. The molecule has 0 saturated heterocycles. The van der Waals surface area contributed by atoms with Crippen LogP contribution in [0.25, 0.3) is 66.1 Å². The molecule has 0 amide bonds. The van der Waals surface area contributed by atoms with Gasteiger partial charge in [-0.3, -0.25) is 0 Å². The van der Waals surface area contributed by atoms with Crippen LogP contribution < -0.4 is 9.80 Å². The average Bonchev–Trinajstić information content (AvgIpc) is 3.38. The highest BCUT2D eigenvalue weighted by Gasteiger charge is 2.18. The second-order valence-electron chi connectivity index (χ2n) is 16.2. The molecule has 0 spiro atoms. The van der Waals surface area contributed by atoms with E-state index in [1.807, 2.05) is 0 Å². The Morgan fingerprint density at radius 2 is 0.453 bits per heavy atom. The summed E-state index contributed by atoms with van der Waals surface area (Å²) in [6.07, 6.45) is 0. The SMILES string of the molecule is c1ccc(-c2ccc(N(c3ccc(-c4ccc(N(c5ccc(-c6cccc(-c7ccccc7)c6)cc5)c5cccc6ccccc56)cc4)cc3)c3cccc4ccccc34)cc2)cc1. The summed E-state index contributed by atoms with van der Waals surface area (Å²) in [5.74, 6) is 0. The van der Waals surface area contributed by atoms with E-state index in [-0.39, 0.29) is 0 Å². The molecule has 0 fully saturated rings. The lowest BCUT2D eigenvalue weighted by Crippen LogP contribution is -2.10. The molecule has 64 heavy (non-hydrogen) atoms. The third-order valence-electron chi connectivity index (χ3n) is 12.3. The number of benzene rings is 11. The van der Waals surface area contributed by atoms with Crippen LogP contribution in [0.15, 0.2) is 267 Å². The summed E-state index contributed by atoms with van der Waals surface area (Å²) in [6, 6.07) is 96.2. The minimum atomic E-state index is 1.09. The molecule has 302 valence electrons. The van der Waals surface area contributed by atoms with E-state index < -0.39 is 0 Å². The maximum atomic E-state index is 2.38. The van der Waals surface area contributed by atoms with E-state index in [4.69, 9.17) is 0 Å². The maximum Gasteiger partial charge on any atom is 0.0540 e. The molecule has 0 bridgehead atoms. The number of hydrogen-bond acceptors (Lipinski definition) is 2. The predicted octanol–water partition coefficient (Wildman–Crippen LogP) is 17.6. The van der Waals surface area contributed by atoms with Crippen LogP contribution in [0.3, 0.4) is 0 Å². The van der Waals surface area contributed by atoms with Gasteiger partial charge in [0.25, 0.3) is 0 Å². The molecule has 11 aromatic carbocycles. The van der Waals surface area contributed by atoms with Crippen LogP contribution in [0.5, 0.6) is 0 Å². The van der Waals surface area contributed by atoms with E-state index >= 15 is 0 Å². The summed E-state index contributed by atoms with van der Waals surface area (Å²) in [7, 11) is 0. The number of nitrogens with zero attached hydrogens (tertiary/aromatic N) is 2. The first-order valence-corrected chi connectivity index (χ1v) is 21.9. The van der Waals surface area contributed by atoms with Crippen molar-refractivity contribution in [3.05, 3.63) is 267 Å². The van der Waals surface area contributed by atoms with E-state index in [1.54, 1.807) is 0 Å². The van der Waals surface area contributed by atoms with Gasteiger partial charge in [-0.05, 0) is 122 Å². The van der Waals surface area contributed by atoms with Gasteiger partial charge >= 0.3 is 0 Å².